The zero-order valence-electron chi connectivity index (χ0n) is 9.59. The van der Waals surface area contributed by atoms with Crippen LogP contribution in [-0.2, 0) is 33.5 Å². The Balaban J connectivity index is 2.39. The van der Waals surface area contributed by atoms with E-state index in [9.17, 15) is 13.0 Å². The van der Waals surface area contributed by atoms with Crippen molar-refractivity contribution < 1.29 is 40.7 Å². The van der Waals surface area contributed by atoms with E-state index in [-0.39, 0.29) is 4.90 Å². The van der Waals surface area contributed by atoms with E-state index < -0.39 is 33.5 Å². The number of hydrogen-bond donors (Lipinski definition) is 0. The second-order valence-corrected chi connectivity index (χ2v) is 12.1. The molecular weight excluding hydrogens is 476 g/mol. The van der Waals surface area contributed by atoms with Crippen LogP contribution in [0.15, 0.2) is 45.7 Å². The van der Waals surface area contributed by atoms with Gasteiger partial charge in [-0.2, -0.15) is 0 Å². The standard InChI is InChI=1S/C12H7O4S.ClH.Hg/c13-17(14,15)8-5-6-12-10(7-8)9-3-1-2-4-11(9)16-12;;/h2-7H,(H,13,14,15);1H;/q;;+1/p-2. The van der Waals surface area contributed by atoms with Crippen molar-refractivity contribution in [3.05, 3.63) is 36.4 Å². The molecule has 0 radical (unpaired) electrons. The van der Waals surface area contributed by atoms with Crippen LogP contribution >= 0.6 is 8.25 Å². The van der Waals surface area contributed by atoms with Gasteiger partial charge in [-0.05, 0) is 0 Å². The summed E-state index contributed by atoms with van der Waals surface area (Å²) in [6.45, 7) is 0. The van der Waals surface area contributed by atoms with E-state index in [1.165, 1.54) is 18.2 Å². The van der Waals surface area contributed by atoms with Crippen LogP contribution in [-0.4, -0.2) is 13.0 Å². The van der Waals surface area contributed by atoms with Gasteiger partial charge in [0.15, 0.2) is 0 Å². The van der Waals surface area contributed by atoms with E-state index in [0.29, 0.717) is 16.6 Å². The van der Waals surface area contributed by atoms with Crippen molar-refractivity contribution in [3.8, 4) is 0 Å². The SMILES string of the molecule is O=S(=O)([O-])c1ccc2oc3cc[c]([Hg][Cl])cc3c2c1. The van der Waals surface area contributed by atoms with Crippen molar-refractivity contribution >= 4 is 43.4 Å². The summed E-state index contributed by atoms with van der Waals surface area (Å²) in [5.41, 5.74) is 1.23. The Morgan fingerprint density at radius 3 is 2.32 bits per heavy atom. The summed E-state index contributed by atoms with van der Waals surface area (Å²) in [5, 5.41) is 1.44. The molecule has 0 fully saturated rings. The summed E-state index contributed by atoms with van der Waals surface area (Å²) in [5.74, 6) is 0. The number of rotatable bonds is 2. The Kier molecular flexibility index (Phi) is 3.33. The number of hydrogen-bond acceptors (Lipinski definition) is 4. The Bertz CT molecular complexity index is 885. The van der Waals surface area contributed by atoms with E-state index in [1.54, 1.807) is 0 Å². The van der Waals surface area contributed by atoms with Gasteiger partial charge in [0.2, 0.25) is 0 Å². The van der Waals surface area contributed by atoms with Gasteiger partial charge >= 0.3 is 125 Å². The van der Waals surface area contributed by atoms with Gasteiger partial charge in [-0.3, -0.25) is 0 Å². The quantitative estimate of drug-likeness (QED) is 0.416. The molecule has 0 spiro atoms. The van der Waals surface area contributed by atoms with E-state index >= 15 is 0 Å². The molecule has 0 aliphatic heterocycles. The topological polar surface area (TPSA) is 70.3 Å². The molecule has 0 N–H and O–H groups in total. The van der Waals surface area contributed by atoms with E-state index in [4.69, 9.17) is 12.7 Å². The maximum atomic E-state index is 11.1. The minimum absolute atomic E-state index is 0.247. The third-order valence-corrected chi connectivity index (χ3v) is 9.40. The van der Waals surface area contributed by atoms with Crippen LogP contribution in [0.4, 0.5) is 0 Å². The van der Waals surface area contributed by atoms with Crippen molar-refractivity contribution in [1.82, 2.24) is 0 Å². The molecule has 0 bridgehead atoms. The summed E-state index contributed by atoms with van der Waals surface area (Å²) >= 11 is -1.53. The van der Waals surface area contributed by atoms with Gasteiger partial charge in [0.1, 0.15) is 0 Å². The normalized spacial score (nSPS) is 11.9. The Morgan fingerprint density at radius 1 is 1.05 bits per heavy atom. The van der Waals surface area contributed by atoms with Gasteiger partial charge in [-0.15, -0.1) is 0 Å². The molecule has 0 aliphatic rings. The summed E-state index contributed by atoms with van der Waals surface area (Å²) in [6, 6.07) is 9.82. The average Bonchev–Trinajstić information content (AvgIpc) is 2.74. The summed E-state index contributed by atoms with van der Waals surface area (Å²) < 4.78 is 39.9. The Hall–Kier alpha value is -0.625. The van der Waals surface area contributed by atoms with Crippen LogP contribution in [0.2, 0.25) is 0 Å². The molecule has 1 heterocycles. The van der Waals surface area contributed by atoms with Gasteiger partial charge < -0.3 is 0 Å². The minimum atomic E-state index is -4.46. The van der Waals surface area contributed by atoms with E-state index in [0.717, 1.165) is 8.46 Å². The fourth-order valence-electron chi connectivity index (χ4n) is 2.04. The molecule has 0 aliphatic carbocycles. The van der Waals surface area contributed by atoms with Crippen LogP contribution < -0.4 is 3.07 Å². The zero-order chi connectivity index (χ0) is 13.6. The van der Waals surface area contributed by atoms with Crippen molar-refractivity contribution in [2.24, 2.45) is 0 Å². The molecule has 1 aromatic heterocycles. The monoisotopic (exact) mass is 483 g/mol. The number of halogens is 1. The molecule has 0 saturated carbocycles. The second kappa shape index (κ2) is 4.73. The molecule has 3 aromatic rings. The fraction of sp³-hybridized carbons (Fsp3) is 0. The first-order chi connectivity index (χ1) is 8.99. The number of benzene rings is 2. The van der Waals surface area contributed by atoms with Gasteiger partial charge in [-0.25, -0.2) is 0 Å². The molecular formula is C12H6ClHgO4S-. The first kappa shape index (κ1) is 13.4. The molecule has 2 aromatic carbocycles. The first-order valence-electron chi connectivity index (χ1n) is 5.46. The zero-order valence-corrected chi connectivity index (χ0v) is 16.7. The van der Waals surface area contributed by atoms with Crippen LogP contribution in [0.1, 0.15) is 0 Å². The second-order valence-electron chi connectivity index (χ2n) is 4.18. The fourth-order valence-corrected chi connectivity index (χ4v) is 5.90. The van der Waals surface area contributed by atoms with Crippen molar-refractivity contribution in [2.75, 3.05) is 0 Å². The molecule has 0 atom stereocenters. The molecule has 94 valence electrons. The van der Waals surface area contributed by atoms with Crippen LogP contribution in [0, 0.1) is 0 Å². The van der Waals surface area contributed by atoms with Crippen molar-refractivity contribution in [1.29, 1.82) is 0 Å². The predicted molar refractivity (Wildman–Crippen MR) is 67.2 cm³/mol. The van der Waals surface area contributed by atoms with Crippen LogP contribution in [0.3, 0.4) is 0 Å². The van der Waals surface area contributed by atoms with Gasteiger partial charge in [-0.1, -0.05) is 0 Å². The van der Waals surface area contributed by atoms with Crippen LogP contribution in [0.5, 0.6) is 0 Å². The summed E-state index contributed by atoms with van der Waals surface area (Å²) in [4.78, 5) is -0.247. The molecule has 7 heteroatoms. The summed E-state index contributed by atoms with van der Waals surface area (Å²) in [7, 11) is 1.53. The molecule has 0 unspecified atom stereocenters. The maximum absolute atomic E-state index is 11.1. The third kappa shape index (κ3) is 2.40. The Labute approximate surface area is 125 Å². The molecule has 3 rings (SSSR count). The average molecular weight is 482 g/mol. The van der Waals surface area contributed by atoms with Gasteiger partial charge in [0.05, 0.1) is 0 Å². The molecule has 19 heavy (non-hydrogen) atoms. The first-order valence-corrected chi connectivity index (χ1v) is 16.4. The van der Waals surface area contributed by atoms with E-state index in [2.05, 4.69) is 0 Å². The molecule has 4 nitrogen and oxygen atoms in total. The Morgan fingerprint density at radius 2 is 1.68 bits per heavy atom. The van der Waals surface area contributed by atoms with Gasteiger partial charge in [0, 0.05) is 0 Å². The van der Waals surface area contributed by atoms with E-state index in [1.807, 2.05) is 18.2 Å². The third-order valence-electron chi connectivity index (χ3n) is 2.95. The van der Waals surface area contributed by atoms with Crippen molar-refractivity contribution in [3.63, 3.8) is 0 Å². The molecule has 0 amide bonds. The number of fused-ring (bicyclic) bond motifs is 3. The number of furan rings is 1. The summed E-state index contributed by atoms with van der Waals surface area (Å²) in [6.07, 6.45) is 0. The molecule has 0 saturated heterocycles. The van der Waals surface area contributed by atoms with Gasteiger partial charge in [0.25, 0.3) is 0 Å². The van der Waals surface area contributed by atoms with Crippen molar-refractivity contribution in [2.45, 2.75) is 4.90 Å². The predicted octanol–water partition coefficient (Wildman–Crippen LogP) is 2.35. The van der Waals surface area contributed by atoms with Crippen LogP contribution in [0.25, 0.3) is 21.9 Å².